The van der Waals surface area contributed by atoms with E-state index in [1.807, 2.05) is 7.05 Å². The van der Waals surface area contributed by atoms with Gasteiger partial charge < -0.3 is 24.6 Å². The maximum absolute atomic E-state index is 12.8. The molecule has 0 atom stereocenters. The Labute approximate surface area is 165 Å². The Kier molecular flexibility index (Phi) is 5.99. The van der Waals surface area contributed by atoms with Crippen molar-refractivity contribution in [3.05, 3.63) is 29.4 Å². The van der Waals surface area contributed by atoms with Gasteiger partial charge in [0.25, 0.3) is 0 Å². The number of rotatable bonds is 5. The van der Waals surface area contributed by atoms with Gasteiger partial charge in [0, 0.05) is 31.9 Å². The van der Waals surface area contributed by atoms with Crippen molar-refractivity contribution in [2.75, 3.05) is 50.6 Å². The van der Waals surface area contributed by atoms with E-state index in [1.54, 1.807) is 12.1 Å². The Bertz CT molecular complexity index is 829. The van der Waals surface area contributed by atoms with E-state index in [1.165, 1.54) is 19.4 Å². The minimum atomic E-state index is -4.83. The topological polar surface area (TPSA) is 62.8 Å². The van der Waals surface area contributed by atoms with Gasteiger partial charge in [0.1, 0.15) is 5.02 Å². The minimum absolute atomic E-state index is 0.0313. The molecule has 2 aromatic rings. The highest BCUT2D eigenvalue weighted by atomic mass is 35.5. The number of benzene rings is 1. The molecule has 1 aliphatic heterocycles. The van der Waals surface area contributed by atoms with Gasteiger partial charge in [-0.1, -0.05) is 11.6 Å². The van der Waals surface area contributed by atoms with Crippen LogP contribution in [0.1, 0.15) is 0 Å². The number of nitrogens with one attached hydrogen (secondary N) is 1. The van der Waals surface area contributed by atoms with Crippen molar-refractivity contribution in [1.82, 2.24) is 14.9 Å². The van der Waals surface area contributed by atoms with Gasteiger partial charge in [0.05, 0.1) is 19.0 Å². The highest BCUT2D eigenvalue weighted by molar-refractivity contribution is 6.31. The van der Waals surface area contributed by atoms with Gasteiger partial charge in [-0.2, -0.15) is 4.98 Å². The molecule has 28 heavy (non-hydrogen) atoms. The Hall–Kier alpha value is -2.46. The van der Waals surface area contributed by atoms with Crippen LogP contribution in [0.2, 0.25) is 5.02 Å². The first kappa shape index (κ1) is 20.3. The molecule has 152 valence electrons. The van der Waals surface area contributed by atoms with Crippen LogP contribution in [0, 0.1) is 0 Å². The minimum Gasteiger partial charge on any atom is -0.480 e. The fraction of sp³-hybridized carbons (Fsp3) is 0.412. The molecule has 3 rings (SSSR count). The molecule has 1 saturated heterocycles. The van der Waals surface area contributed by atoms with E-state index in [0.717, 1.165) is 31.9 Å². The molecule has 0 radical (unpaired) electrons. The van der Waals surface area contributed by atoms with Crippen LogP contribution in [0.5, 0.6) is 11.6 Å². The monoisotopic (exact) mass is 417 g/mol. The smallest absolute Gasteiger partial charge is 0.480 e. The van der Waals surface area contributed by atoms with E-state index >= 15 is 0 Å². The number of methoxy groups -OCH3 is 1. The molecule has 0 spiro atoms. The third-order valence-electron chi connectivity index (χ3n) is 4.21. The van der Waals surface area contributed by atoms with Crippen LogP contribution in [-0.2, 0) is 0 Å². The zero-order chi connectivity index (χ0) is 20.3. The number of hydrogen-bond donors (Lipinski definition) is 1. The summed E-state index contributed by atoms with van der Waals surface area (Å²) in [7, 11) is 3.40. The molecule has 1 N–H and O–H groups in total. The highest BCUT2D eigenvalue weighted by Gasteiger charge is 2.32. The Balaban J connectivity index is 1.91. The van der Waals surface area contributed by atoms with E-state index < -0.39 is 6.36 Å². The fourth-order valence-electron chi connectivity index (χ4n) is 2.77. The molecule has 1 aromatic heterocycles. The molecule has 1 aromatic carbocycles. The second-order valence-electron chi connectivity index (χ2n) is 6.19. The van der Waals surface area contributed by atoms with Gasteiger partial charge in [-0.05, 0) is 25.2 Å². The van der Waals surface area contributed by atoms with E-state index in [2.05, 4.69) is 29.8 Å². The van der Waals surface area contributed by atoms with E-state index in [4.69, 9.17) is 16.3 Å². The number of likely N-dealkylation sites (N-methyl/N-ethyl adjacent to an activating group) is 1. The van der Waals surface area contributed by atoms with E-state index in [0.29, 0.717) is 0 Å². The van der Waals surface area contributed by atoms with Crippen LogP contribution in [0.15, 0.2) is 24.4 Å². The Morgan fingerprint density at radius 3 is 2.54 bits per heavy atom. The van der Waals surface area contributed by atoms with Crippen molar-refractivity contribution in [2.45, 2.75) is 6.36 Å². The molecule has 1 fully saturated rings. The maximum Gasteiger partial charge on any atom is 0.573 e. The summed E-state index contributed by atoms with van der Waals surface area (Å²) in [5, 5.41) is 2.95. The number of piperazine rings is 1. The molecule has 0 bridgehead atoms. The fourth-order valence-corrected chi connectivity index (χ4v) is 2.93. The molecule has 2 heterocycles. The zero-order valence-electron chi connectivity index (χ0n) is 15.3. The van der Waals surface area contributed by atoms with Crippen LogP contribution in [0.25, 0.3) is 0 Å². The van der Waals surface area contributed by atoms with Crippen LogP contribution in [0.3, 0.4) is 0 Å². The highest BCUT2D eigenvalue weighted by Crippen LogP contribution is 2.35. The first-order valence-corrected chi connectivity index (χ1v) is 8.80. The van der Waals surface area contributed by atoms with Crippen molar-refractivity contribution < 1.29 is 22.6 Å². The summed E-state index contributed by atoms with van der Waals surface area (Å²) >= 11 is 5.89. The second-order valence-corrected chi connectivity index (χ2v) is 6.60. The summed E-state index contributed by atoms with van der Waals surface area (Å²) in [6, 6.07) is 4.45. The lowest BCUT2D eigenvalue weighted by Gasteiger charge is -2.34. The van der Waals surface area contributed by atoms with Crippen LogP contribution < -0.4 is 19.7 Å². The third-order valence-corrected chi connectivity index (χ3v) is 4.47. The first-order valence-electron chi connectivity index (χ1n) is 8.42. The summed E-state index contributed by atoms with van der Waals surface area (Å²) in [4.78, 5) is 12.3. The van der Waals surface area contributed by atoms with Crippen LogP contribution >= 0.6 is 11.6 Å². The maximum atomic E-state index is 12.8. The van der Waals surface area contributed by atoms with Gasteiger partial charge in [0.15, 0.2) is 5.75 Å². The molecule has 7 nitrogen and oxygen atoms in total. The predicted octanol–water partition coefficient (Wildman–Crippen LogP) is 3.53. The summed E-state index contributed by atoms with van der Waals surface area (Å²) in [6.45, 7) is 3.25. The summed E-state index contributed by atoms with van der Waals surface area (Å²) in [6.07, 6.45) is -3.53. The van der Waals surface area contributed by atoms with E-state index in [-0.39, 0.29) is 28.3 Å². The van der Waals surface area contributed by atoms with Gasteiger partial charge in [0.2, 0.25) is 11.8 Å². The first-order chi connectivity index (χ1) is 13.2. The molecule has 1 aliphatic rings. The summed E-state index contributed by atoms with van der Waals surface area (Å²) in [5.41, 5.74) is 0.851. The van der Waals surface area contributed by atoms with Crippen molar-refractivity contribution in [2.24, 2.45) is 0 Å². The average Bonchev–Trinajstić information content (AvgIpc) is 2.64. The van der Waals surface area contributed by atoms with E-state index in [9.17, 15) is 13.2 Å². The van der Waals surface area contributed by atoms with Crippen molar-refractivity contribution in [3.8, 4) is 11.6 Å². The number of aromatic nitrogens is 2. The normalized spacial score (nSPS) is 15.4. The molecule has 0 amide bonds. The van der Waals surface area contributed by atoms with Crippen molar-refractivity contribution >= 4 is 28.9 Å². The SMILES string of the molecule is COc1nc(Nc2cc(N3CCN(C)CC3)ccc2OC(F)(F)F)ncc1Cl. The summed E-state index contributed by atoms with van der Waals surface area (Å²) in [5.74, 6) is -0.251. The second kappa shape index (κ2) is 8.27. The third kappa shape index (κ3) is 5.08. The number of anilines is 3. The van der Waals surface area contributed by atoms with Crippen molar-refractivity contribution in [1.29, 1.82) is 0 Å². The number of alkyl halides is 3. The van der Waals surface area contributed by atoms with Gasteiger partial charge in [-0.25, -0.2) is 4.98 Å². The summed E-state index contributed by atoms with van der Waals surface area (Å²) < 4.78 is 47.5. The quantitative estimate of drug-likeness (QED) is 0.798. The van der Waals surface area contributed by atoms with Crippen LogP contribution in [0.4, 0.5) is 30.5 Å². The number of nitrogens with zero attached hydrogens (tertiary/aromatic N) is 4. The standard InChI is InChI=1S/C17H19ClF3N5O2/c1-25-5-7-26(8-6-25)11-3-4-14(28-17(19,20)21)13(9-11)23-16-22-10-12(18)15(24-16)27-2/h3-4,9-10H,5-8H2,1-2H3,(H,22,23,24). The van der Waals surface area contributed by atoms with Gasteiger partial charge in [-0.3, -0.25) is 0 Å². The predicted molar refractivity (Wildman–Crippen MR) is 99.7 cm³/mol. The number of halogens is 4. The lowest BCUT2D eigenvalue weighted by Crippen LogP contribution is -2.44. The molecule has 0 aliphatic carbocycles. The molecular weight excluding hydrogens is 399 g/mol. The lowest BCUT2D eigenvalue weighted by molar-refractivity contribution is -0.274. The molecule has 0 unspecified atom stereocenters. The largest absolute Gasteiger partial charge is 0.573 e. The Morgan fingerprint density at radius 1 is 1.18 bits per heavy atom. The number of ether oxygens (including phenoxy) is 2. The lowest BCUT2D eigenvalue weighted by atomic mass is 10.2. The zero-order valence-corrected chi connectivity index (χ0v) is 16.0. The van der Waals surface area contributed by atoms with Gasteiger partial charge in [-0.15, -0.1) is 13.2 Å². The molecular formula is C17H19ClF3N5O2. The molecule has 0 saturated carbocycles. The number of hydrogen-bond acceptors (Lipinski definition) is 7. The average molecular weight is 418 g/mol. The molecule has 11 heteroatoms. The Morgan fingerprint density at radius 2 is 1.89 bits per heavy atom. The van der Waals surface area contributed by atoms with Crippen molar-refractivity contribution in [3.63, 3.8) is 0 Å². The van der Waals surface area contributed by atoms with Gasteiger partial charge >= 0.3 is 6.36 Å². The van der Waals surface area contributed by atoms with Crippen LogP contribution in [-0.4, -0.2) is 61.6 Å².